The second kappa shape index (κ2) is 7.58. The van der Waals surface area contributed by atoms with E-state index in [1.54, 1.807) is 7.11 Å². The van der Waals surface area contributed by atoms with Crippen molar-refractivity contribution < 1.29 is 22.7 Å². The highest BCUT2D eigenvalue weighted by molar-refractivity contribution is 7.15. The quantitative estimate of drug-likeness (QED) is 0.825. The van der Waals surface area contributed by atoms with Crippen molar-refractivity contribution in [2.24, 2.45) is 0 Å². The monoisotopic (exact) mass is 386 g/mol. The third-order valence-electron chi connectivity index (χ3n) is 4.09. The summed E-state index contributed by atoms with van der Waals surface area (Å²) in [5.41, 5.74) is -0.00512. The third kappa shape index (κ3) is 4.70. The fourth-order valence-corrected chi connectivity index (χ4v) is 3.33. The largest absolute Gasteiger partial charge is 0.416 e. The van der Waals surface area contributed by atoms with Crippen LogP contribution in [0.5, 0.6) is 0 Å². The topological polar surface area (TPSA) is 76.1 Å². The third-order valence-corrected chi connectivity index (χ3v) is 4.93. The molecule has 2 N–H and O–H groups in total. The van der Waals surface area contributed by atoms with Crippen molar-refractivity contribution in [2.45, 2.75) is 37.6 Å². The number of anilines is 1. The van der Waals surface area contributed by atoms with E-state index < -0.39 is 11.7 Å². The summed E-state index contributed by atoms with van der Waals surface area (Å²) in [5.74, 6) is 0. The standard InChI is InChI=1S/C16H17F3N4O2S/c1-25-12-7-11(8-12)20-14(24)21-15-23-22-13(26-15)6-9-2-4-10(5-3-9)16(17,18)19/h2-5,11-12H,6-8H2,1H3,(H2,20,21,23,24). The first kappa shape index (κ1) is 18.6. The van der Waals surface area contributed by atoms with E-state index in [9.17, 15) is 18.0 Å². The predicted molar refractivity (Wildman–Crippen MR) is 90.1 cm³/mol. The van der Waals surface area contributed by atoms with E-state index in [2.05, 4.69) is 20.8 Å². The van der Waals surface area contributed by atoms with Crippen LogP contribution in [0.3, 0.4) is 0 Å². The smallest absolute Gasteiger partial charge is 0.381 e. The normalized spacial score (nSPS) is 19.7. The van der Waals surface area contributed by atoms with Gasteiger partial charge in [-0.1, -0.05) is 23.5 Å². The van der Waals surface area contributed by atoms with Gasteiger partial charge in [-0.15, -0.1) is 10.2 Å². The van der Waals surface area contributed by atoms with Crippen molar-refractivity contribution in [3.8, 4) is 0 Å². The SMILES string of the molecule is COC1CC(NC(=O)Nc2nnc(Cc3ccc(C(F)(F)F)cc3)s2)C1. The summed E-state index contributed by atoms with van der Waals surface area (Å²) in [6, 6.07) is 4.62. The number of carbonyl (C=O) groups excluding carboxylic acids is 1. The number of aromatic nitrogens is 2. The summed E-state index contributed by atoms with van der Waals surface area (Å²) in [7, 11) is 1.64. The zero-order chi connectivity index (χ0) is 18.7. The van der Waals surface area contributed by atoms with Crippen LogP contribution in [0.2, 0.25) is 0 Å². The summed E-state index contributed by atoms with van der Waals surface area (Å²) in [5, 5.41) is 14.2. The fourth-order valence-electron chi connectivity index (χ4n) is 2.56. The maximum absolute atomic E-state index is 12.6. The molecule has 1 aliphatic carbocycles. The first-order valence-electron chi connectivity index (χ1n) is 7.92. The molecule has 2 aromatic rings. The molecule has 1 aliphatic rings. The molecular weight excluding hydrogens is 369 g/mol. The molecule has 140 valence electrons. The second-order valence-electron chi connectivity index (χ2n) is 6.00. The van der Waals surface area contributed by atoms with Crippen LogP contribution < -0.4 is 10.6 Å². The van der Waals surface area contributed by atoms with Crippen LogP contribution in [0.25, 0.3) is 0 Å². The van der Waals surface area contributed by atoms with E-state index >= 15 is 0 Å². The number of rotatable bonds is 5. The van der Waals surface area contributed by atoms with Crippen LogP contribution in [0.15, 0.2) is 24.3 Å². The van der Waals surface area contributed by atoms with Gasteiger partial charge in [-0.3, -0.25) is 5.32 Å². The Labute approximate surface area is 151 Å². The molecule has 3 rings (SSSR count). The molecule has 0 unspecified atom stereocenters. The first-order valence-corrected chi connectivity index (χ1v) is 8.74. The van der Waals surface area contributed by atoms with Crippen LogP contribution in [0.4, 0.5) is 23.1 Å². The first-order chi connectivity index (χ1) is 12.3. The van der Waals surface area contributed by atoms with Gasteiger partial charge in [0, 0.05) is 19.6 Å². The minimum absolute atomic E-state index is 0.0829. The highest BCUT2D eigenvalue weighted by Crippen LogP contribution is 2.29. The Morgan fingerprint density at radius 3 is 2.58 bits per heavy atom. The van der Waals surface area contributed by atoms with E-state index in [0.29, 0.717) is 22.1 Å². The van der Waals surface area contributed by atoms with Crippen molar-refractivity contribution >= 4 is 22.5 Å². The Bertz CT molecular complexity index is 758. The number of amides is 2. The Hall–Kier alpha value is -2.20. The number of hydrogen-bond acceptors (Lipinski definition) is 5. The zero-order valence-electron chi connectivity index (χ0n) is 13.8. The minimum Gasteiger partial charge on any atom is -0.381 e. The van der Waals surface area contributed by atoms with Gasteiger partial charge in [0.1, 0.15) is 5.01 Å². The molecule has 0 aliphatic heterocycles. The Morgan fingerprint density at radius 2 is 1.96 bits per heavy atom. The molecule has 26 heavy (non-hydrogen) atoms. The predicted octanol–water partition coefficient (Wildman–Crippen LogP) is 3.45. The molecule has 0 atom stereocenters. The van der Waals surface area contributed by atoms with Gasteiger partial charge in [0.05, 0.1) is 11.7 Å². The van der Waals surface area contributed by atoms with Crippen molar-refractivity contribution in [2.75, 3.05) is 12.4 Å². The summed E-state index contributed by atoms with van der Waals surface area (Å²) in [6.07, 6.45) is -2.26. The molecule has 1 aromatic heterocycles. The lowest BCUT2D eigenvalue weighted by molar-refractivity contribution is -0.137. The lowest BCUT2D eigenvalue weighted by Crippen LogP contribution is -2.48. The van der Waals surface area contributed by atoms with Gasteiger partial charge in [-0.2, -0.15) is 13.2 Å². The van der Waals surface area contributed by atoms with Gasteiger partial charge >= 0.3 is 12.2 Å². The summed E-state index contributed by atoms with van der Waals surface area (Å²) < 4.78 is 42.8. The van der Waals surface area contributed by atoms with Crippen LogP contribution in [-0.2, 0) is 17.3 Å². The molecule has 10 heteroatoms. The lowest BCUT2D eigenvalue weighted by Gasteiger charge is -2.34. The van der Waals surface area contributed by atoms with Gasteiger partial charge in [0.25, 0.3) is 0 Å². The Balaban J connectivity index is 1.51. The van der Waals surface area contributed by atoms with Crippen LogP contribution in [0, 0.1) is 0 Å². The number of urea groups is 1. The van der Waals surface area contributed by atoms with Crippen LogP contribution in [-0.4, -0.2) is 35.5 Å². The average Bonchev–Trinajstić information content (AvgIpc) is 2.97. The molecule has 6 nitrogen and oxygen atoms in total. The molecule has 0 bridgehead atoms. The molecule has 0 saturated heterocycles. The van der Waals surface area contributed by atoms with Crippen molar-refractivity contribution in [3.05, 3.63) is 40.4 Å². The summed E-state index contributed by atoms with van der Waals surface area (Å²) in [4.78, 5) is 11.9. The van der Waals surface area contributed by atoms with Crippen molar-refractivity contribution in [1.29, 1.82) is 0 Å². The number of benzene rings is 1. The summed E-state index contributed by atoms with van der Waals surface area (Å²) >= 11 is 1.18. The zero-order valence-corrected chi connectivity index (χ0v) is 14.7. The number of methoxy groups -OCH3 is 1. The van der Waals surface area contributed by atoms with E-state index in [-0.39, 0.29) is 18.2 Å². The number of hydrogen-bond donors (Lipinski definition) is 2. The highest BCUT2D eigenvalue weighted by atomic mass is 32.1. The average molecular weight is 386 g/mol. The number of carbonyl (C=O) groups is 1. The number of halogens is 3. The molecule has 1 saturated carbocycles. The number of nitrogens with one attached hydrogen (secondary N) is 2. The van der Waals surface area contributed by atoms with E-state index in [4.69, 9.17) is 4.74 Å². The van der Waals surface area contributed by atoms with E-state index in [0.717, 1.165) is 25.0 Å². The molecular formula is C16H17F3N4O2S. The molecule has 0 radical (unpaired) electrons. The number of ether oxygens (including phenoxy) is 1. The summed E-state index contributed by atoms with van der Waals surface area (Å²) in [6.45, 7) is 0. The van der Waals surface area contributed by atoms with Crippen LogP contribution in [0.1, 0.15) is 29.0 Å². The number of nitrogens with zero attached hydrogens (tertiary/aromatic N) is 2. The minimum atomic E-state index is -4.35. The maximum Gasteiger partial charge on any atom is 0.416 e. The highest BCUT2D eigenvalue weighted by Gasteiger charge is 2.31. The molecule has 1 fully saturated rings. The van der Waals surface area contributed by atoms with Crippen molar-refractivity contribution in [3.63, 3.8) is 0 Å². The van der Waals surface area contributed by atoms with Gasteiger partial charge in [0.2, 0.25) is 5.13 Å². The molecule has 2 amide bonds. The molecule has 0 spiro atoms. The Morgan fingerprint density at radius 1 is 1.27 bits per heavy atom. The van der Waals surface area contributed by atoms with E-state index in [1.165, 1.54) is 23.5 Å². The van der Waals surface area contributed by atoms with Gasteiger partial charge in [-0.25, -0.2) is 4.79 Å². The lowest BCUT2D eigenvalue weighted by atomic mass is 9.89. The Kier molecular flexibility index (Phi) is 5.42. The number of alkyl halides is 3. The van der Waals surface area contributed by atoms with Crippen molar-refractivity contribution in [1.82, 2.24) is 15.5 Å². The second-order valence-corrected chi connectivity index (χ2v) is 7.06. The van der Waals surface area contributed by atoms with Gasteiger partial charge in [-0.05, 0) is 30.5 Å². The van der Waals surface area contributed by atoms with Gasteiger partial charge in [0.15, 0.2) is 0 Å². The van der Waals surface area contributed by atoms with Gasteiger partial charge < -0.3 is 10.1 Å². The molecule has 1 aromatic carbocycles. The molecule has 1 heterocycles. The van der Waals surface area contributed by atoms with Crippen LogP contribution >= 0.6 is 11.3 Å². The maximum atomic E-state index is 12.6. The van der Waals surface area contributed by atoms with E-state index in [1.807, 2.05) is 0 Å². The fraction of sp³-hybridized carbons (Fsp3) is 0.438.